The Bertz CT molecular complexity index is 1620. The number of carbonyl (C=O) groups is 1. The van der Waals surface area contributed by atoms with Gasteiger partial charge in [-0.3, -0.25) is 15.4 Å². The van der Waals surface area contributed by atoms with Crippen molar-refractivity contribution in [2.24, 2.45) is 0 Å². The first-order chi connectivity index (χ1) is 18.9. The first-order valence-corrected chi connectivity index (χ1v) is 12.6. The molecule has 5 aromatic rings. The molecule has 198 valence electrons. The van der Waals surface area contributed by atoms with Crippen molar-refractivity contribution in [2.45, 2.75) is 27.2 Å². The van der Waals surface area contributed by atoms with E-state index in [9.17, 15) is 14.9 Å². The Labute approximate surface area is 225 Å². The lowest BCUT2D eigenvalue weighted by atomic mass is 10.2. The number of aryl methyl sites for hydroxylation is 1. The van der Waals surface area contributed by atoms with Gasteiger partial charge in [-0.1, -0.05) is 36.4 Å². The van der Waals surface area contributed by atoms with E-state index in [2.05, 4.69) is 22.8 Å². The Morgan fingerprint density at radius 1 is 0.949 bits per heavy atom. The van der Waals surface area contributed by atoms with Crippen molar-refractivity contribution in [3.8, 4) is 5.75 Å². The Hall–Kier alpha value is -5.05. The molecule has 2 N–H and O–H groups in total. The molecule has 4 aromatic carbocycles. The summed E-state index contributed by atoms with van der Waals surface area (Å²) in [5, 5.41) is 19.6. The molecule has 0 aliphatic carbocycles. The van der Waals surface area contributed by atoms with Crippen LogP contribution in [0, 0.1) is 17.0 Å². The molecule has 1 aromatic heterocycles. The second-order valence-electron chi connectivity index (χ2n) is 9.05. The van der Waals surface area contributed by atoms with Crippen LogP contribution in [-0.2, 0) is 18.1 Å². The Balaban J connectivity index is 1.34. The smallest absolute Gasteiger partial charge is 0.411 e. The van der Waals surface area contributed by atoms with E-state index >= 15 is 0 Å². The predicted molar refractivity (Wildman–Crippen MR) is 152 cm³/mol. The molecule has 9 heteroatoms. The van der Waals surface area contributed by atoms with Crippen molar-refractivity contribution in [1.29, 1.82) is 0 Å². The van der Waals surface area contributed by atoms with Crippen LogP contribution < -0.4 is 15.4 Å². The second kappa shape index (κ2) is 11.1. The van der Waals surface area contributed by atoms with Crippen molar-refractivity contribution in [3.05, 3.63) is 106 Å². The third kappa shape index (κ3) is 5.47. The zero-order chi connectivity index (χ0) is 27.4. The number of non-ortho nitro benzene ring substituents is 1. The highest BCUT2D eigenvalue weighted by Gasteiger charge is 2.16. The highest BCUT2D eigenvalue weighted by Crippen LogP contribution is 2.30. The normalized spacial score (nSPS) is 10.9. The quantitative estimate of drug-likeness (QED) is 0.156. The number of nitro benzene ring substituents is 1. The predicted octanol–water partition coefficient (Wildman–Crippen LogP) is 7.23. The number of ether oxygens (including phenoxy) is 2. The summed E-state index contributed by atoms with van der Waals surface area (Å²) in [6, 6.07) is 26.0. The SMILES string of the molecule is CCNc1ccc(NC(=O)OCc2cc([N+](=O)[O-])ccc2OCn2c3ccccc3c3ccccc32)c(C)c1. The topological polar surface area (TPSA) is 108 Å². The maximum atomic E-state index is 12.6. The lowest BCUT2D eigenvalue weighted by Crippen LogP contribution is -2.15. The monoisotopic (exact) mass is 524 g/mol. The molecule has 1 amide bonds. The average Bonchev–Trinajstić information content (AvgIpc) is 3.26. The minimum Gasteiger partial charge on any atom is -0.472 e. The fraction of sp³-hybridized carbons (Fsp3) is 0.167. The van der Waals surface area contributed by atoms with Crippen LogP contribution in [0.1, 0.15) is 18.1 Å². The van der Waals surface area contributed by atoms with Crippen LogP contribution in [-0.4, -0.2) is 22.1 Å². The summed E-state index contributed by atoms with van der Waals surface area (Å²) < 4.78 is 13.6. The number of benzene rings is 4. The molecule has 0 radical (unpaired) electrons. The first kappa shape index (κ1) is 25.6. The standard InChI is InChI=1S/C30H28N4O5/c1-3-31-22-12-14-26(20(2)16-22)32-30(35)38-18-21-17-23(34(36)37)13-15-29(21)39-19-33-27-10-6-4-8-24(27)25-9-5-7-11-28(25)33/h4-17,31H,3,18-19H2,1-2H3,(H,32,35). The van der Waals surface area contributed by atoms with Crippen LogP contribution in [0.4, 0.5) is 21.9 Å². The molecule has 5 rings (SSSR count). The Morgan fingerprint density at radius 3 is 2.28 bits per heavy atom. The number of amides is 1. The molecule has 1 heterocycles. The maximum absolute atomic E-state index is 12.6. The maximum Gasteiger partial charge on any atom is 0.411 e. The van der Waals surface area contributed by atoms with Gasteiger partial charge in [0.2, 0.25) is 0 Å². The molecular formula is C30H28N4O5. The fourth-order valence-corrected chi connectivity index (χ4v) is 4.62. The molecule has 0 saturated heterocycles. The van der Waals surface area contributed by atoms with Crippen LogP contribution in [0.3, 0.4) is 0 Å². The summed E-state index contributed by atoms with van der Waals surface area (Å²) >= 11 is 0. The summed E-state index contributed by atoms with van der Waals surface area (Å²) in [6.45, 7) is 4.65. The molecular weight excluding hydrogens is 496 g/mol. The van der Waals surface area contributed by atoms with Crippen LogP contribution in [0.5, 0.6) is 5.75 Å². The number of nitro groups is 1. The average molecular weight is 525 g/mol. The number of carbonyl (C=O) groups excluding carboxylic acids is 1. The molecule has 0 unspecified atom stereocenters. The van der Waals surface area contributed by atoms with Crippen LogP contribution >= 0.6 is 0 Å². The summed E-state index contributed by atoms with van der Waals surface area (Å²) in [5.41, 5.74) is 4.73. The van der Waals surface area contributed by atoms with E-state index in [1.54, 1.807) is 6.07 Å². The van der Waals surface area contributed by atoms with Crippen molar-refractivity contribution >= 4 is 45.0 Å². The summed E-state index contributed by atoms with van der Waals surface area (Å²) in [7, 11) is 0. The number of hydrogen-bond acceptors (Lipinski definition) is 6. The van der Waals surface area contributed by atoms with Gasteiger partial charge in [-0.2, -0.15) is 0 Å². The second-order valence-corrected chi connectivity index (χ2v) is 9.05. The van der Waals surface area contributed by atoms with E-state index < -0.39 is 11.0 Å². The van der Waals surface area contributed by atoms with Gasteiger partial charge in [0.25, 0.3) is 5.69 Å². The van der Waals surface area contributed by atoms with Gasteiger partial charge >= 0.3 is 6.09 Å². The fourth-order valence-electron chi connectivity index (χ4n) is 4.62. The number of rotatable bonds is 9. The Morgan fingerprint density at radius 2 is 1.64 bits per heavy atom. The van der Waals surface area contributed by atoms with Gasteiger partial charge in [0, 0.05) is 46.4 Å². The molecule has 0 bridgehead atoms. The number of fused-ring (bicyclic) bond motifs is 3. The van der Waals surface area contributed by atoms with E-state index in [1.165, 1.54) is 18.2 Å². The van der Waals surface area contributed by atoms with Crippen molar-refractivity contribution in [2.75, 3.05) is 17.2 Å². The largest absolute Gasteiger partial charge is 0.472 e. The van der Waals surface area contributed by atoms with Crippen molar-refractivity contribution in [1.82, 2.24) is 4.57 Å². The number of nitrogens with one attached hydrogen (secondary N) is 2. The summed E-state index contributed by atoms with van der Waals surface area (Å²) in [6.07, 6.45) is -0.672. The zero-order valence-electron chi connectivity index (χ0n) is 21.6. The molecule has 0 saturated carbocycles. The van der Waals surface area contributed by atoms with E-state index in [4.69, 9.17) is 9.47 Å². The summed E-state index contributed by atoms with van der Waals surface area (Å²) in [5.74, 6) is 0.390. The lowest BCUT2D eigenvalue weighted by Gasteiger charge is -2.15. The van der Waals surface area contributed by atoms with Crippen LogP contribution in [0.2, 0.25) is 0 Å². The van der Waals surface area contributed by atoms with Gasteiger partial charge < -0.3 is 19.4 Å². The van der Waals surface area contributed by atoms with E-state index in [1.807, 2.05) is 66.9 Å². The zero-order valence-corrected chi connectivity index (χ0v) is 21.6. The van der Waals surface area contributed by atoms with Crippen molar-refractivity contribution < 1.29 is 19.2 Å². The summed E-state index contributed by atoms with van der Waals surface area (Å²) in [4.78, 5) is 23.5. The minimum absolute atomic E-state index is 0.118. The van der Waals surface area contributed by atoms with Gasteiger partial charge in [-0.05, 0) is 55.8 Å². The highest BCUT2D eigenvalue weighted by molar-refractivity contribution is 6.07. The van der Waals surface area contributed by atoms with Crippen LogP contribution in [0.25, 0.3) is 21.8 Å². The van der Waals surface area contributed by atoms with Gasteiger partial charge in [0.15, 0.2) is 6.73 Å². The van der Waals surface area contributed by atoms with E-state index in [-0.39, 0.29) is 19.0 Å². The number of aromatic nitrogens is 1. The molecule has 0 aliphatic rings. The minimum atomic E-state index is -0.672. The first-order valence-electron chi connectivity index (χ1n) is 12.6. The molecule has 0 spiro atoms. The number of anilines is 2. The van der Waals surface area contributed by atoms with E-state index in [0.29, 0.717) is 17.0 Å². The van der Waals surface area contributed by atoms with Gasteiger partial charge in [-0.25, -0.2) is 4.79 Å². The Kier molecular flexibility index (Phi) is 7.31. The van der Waals surface area contributed by atoms with Crippen molar-refractivity contribution in [3.63, 3.8) is 0 Å². The lowest BCUT2D eigenvalue weighted by molar-refractivity contribution is -0.385. The van der Waals surface area contributed by atoms with Gasteiger partial charge in [-0.15, -0.1) is 0 Å². The molecule has 39 heavy (non-hydrogen) atoms. The number of nitrogens with zero attached hydrogens (tertiary/aromatic N) is 2. The highest BCUT2D eigenvalue weighted by atomic mass is 16.6. The molecule has 9 nitrogen and oxygen atoms in total. The third-order valence-corrected chi connectivity index (χ3v) is 6.49. The van der Waals surface area contributed by atoms with Gasteiger partial charge in [0.1, 0.15) is 12.4 Å². The molecule has 0 atom stereocenters. The van der Waals surface area contributed by atoms with Crippen LogP contribution in [0.15, 0.2) is 84.9 Å². The van der Waals surface area contributed by atoms with Gasteiger partial charge in [0.05, 0.1) is 16.0 Å². The number of para-hydroxylation sites is 2. The molecule has 0 fully saturated rings. The third-order valence-electron chi connectivity index (χ3n) is 6.49. The number of hydrogen-bond donors (Lipinski definition) is 2. The van der Waals surface area contributed by atoms with E-state index in [0.717, 1.165) is 39.6 Å². The molecule has 0 aliphatic heterocycles.